The van der Waals surface area contributed by atoms with Gasteiger partial charge in [-0.05, 0) is 43.5 Å². The Bertz CT molecular complexity index is 395. The van der Waals surface area contributed by atoms with Crippen molar-refractivity contribution in [2.45, 2.75) is 19.8 Å². The van der Waals surface area contributed by atoms with Gasteiger partial charge in [0.05, 0.1) is 0 Å². The molecule has 2 rings (SSSR count). The van der Waals surface area contributed by atoms with Crippen LogP contribution in [-0.4, -0.2) is 19.0 Å². The van der Waals surface area contributed by atoms with Gasteiger partial charge in [-0.3, -0.25) is 4.79 Å². The molecule has 0 N–H and O–H groups in total. The third-order valence-electron chi connectivity index (χ3n) is 3.05. The molecule has 1 heterocycles. The van der Waals surface area contributed by atoms with Crippen LogP contribution < -0.4 is 0 Å². The molecule has 0 bridgehead atoms. The van der Waals surface area contributed by atoms with Gasteiger partial charge in [0, 0.05) is 24.7 Å². The molecule has 0 spiro atoms. The van der Waals surface area contributed by atoms with E-state index in [1.807, 2.05) is 0 Å². The molecule has 0 atom stereocenters. The molecule has 0 aromatic heterocycles. The molecule has 0 saturated carbocycles. The summed E-state index contributed by atoms with van der Waals surface area (Å²) >= 11 is 0. The van der Waals surface area contributed by atoms with Gasteiger partial charge in [-0.15, -0.1) is 0 Å². The molecule has 0 aliphatic carbocycles. The van der Waals surface area contributed by atoms with Crippen molar-refractivity contribution in [1.29, 1.82) is 0 Å². The molecule has 0 unspecified atom stereocenters. The lowest BCUT2D eigenvalue weighted by molar-refractivity contribution is 0.0544. The lowest BCUT2D eigenvalue weighted by Gasteiger charge is -2.21. The molecule has 0 amide bonds. The SMILES string of the molecule is Cc1cc(F)ccc1C(=O)C1CCOCC1. The van der Waals surface area contributed by atoms with Crippen molar-refractivity contribution in [3.05, 3.63) is 35.1 Å². The normalized spacial score (nSPS) is 17.4. The number of benzene rings is 1. The van der Waals surface area contributed by atoms with Crippen LogP contribution >= 0.6 is 0 Å². The maximum Gasteiger partial charge on any atom is 0.166 e. The fraction of sp³-hybridized carbons (Fsp3) is 0.462. The van der Waals surface area contributed by atoms with Crippen LogP contribution in [0.5, 0.6) is 0 Å². The van der Waals surface area contributed by atoms with Gasteiger partial charge in [-0.2, -0.15) is 0 Å². The molecule has 1 saturated heterocycles. The topological polar surface area (TPSA) is 26.3 Å². The second-order valence-electron chi connectivity index (χ2n) is 4.21. The molecule has 1 aliphatic heterocycles. The molecular formula is C13H15FO2. The molecule has 1 fully saturated rings. The maximum atomic E-state index is 12.9. The number of aryl methyl sites for hydroxylation is 1. The molecule has 86 valence electrons. The third kappa shape index (κ3) is 2.30. The summed E-state index contributed by atoms with van der Waals surface area (Å²) in [5.41, 5.74) is 1.37. The number of rotatable bonds is 2. The van der Waals surface area contributed by atoms with Gasteiger partial charge in [0.2, 0.25) is 0 Å². The molecule has 16 heavy (non-hydrogen) atoms. The number of carbonyl (C=O) groups excluding carboxylic acids is 1. The highest BCUT2D eigenvalue weighted by molar-refractivity contribution is 5.99. The fourth-order valence-corrected chi connectivity index (χ4v) is 2.08. The van der Waals surface area contributed by atoms with E-state index in [0.29, 0.717) is 18.8 Å². The minimum Gasteiger partial charge on any atom is -0.381 e. The van der Waals surface area contributed by atoms with Gasteiger partial charge in [0.25, 0.3) is 0 Å². The molecular weight excluding hydrogens is 207 g/mol. The van der Waals surface area contributed by atoms with Crippen molar-refractivity contribution in [2.75, 3.05) is 13.2 Å². The first-order valence-corrected chi connectivity index (χ1v) is 5.56. The zero-order chi connectivity index (χ0) is 11.5. The van der Waals surface area contributed by atoms with Crippen LogP contribution in [-0.2, 0) is 4.74 Å². The van der Waals surface area contributed by atoms with Gasteiger partial charge in [-0.1, -0.05) is 0 Å². The van der Waals surface area contributed by atoms with Gasteiger partial charge in [-0.25, -0.2) is 4.39 Å². The van der Waals surface area contributed by atoms with Gasteiger partial charge in [0.15, 0.2) is 5.78 Å². The van der Waals surface area contributed by atoms with Crippen LogP contribution in [0.3, 0.4) is 0 Å². The summed E-state index contributed by atoms with van der Waals surface area (Å²) in [6, 6.07) is 4.34. The van der Waals surface area contributed by atoms with Gasteiger partial charge < -0.3 is 4.74 Å². The van der Waals surface area contributed by atoms with E-state index in [2.05, 4.69) is 0 Å². The summed E-state index contributed by atoms with van der Waals surface area (Å²) in [6.07, 6.45) is 1.55. The average molecular weight is 222 g/mol. The van der Waals surface area contributed by atoms with E-state index in [9.17, 15) is 9.18 Å². The molecule has 1 aromatic rings. The van der Waals surface area contributed by atoms with Crippen molar-refractivity contribution in [3.63, 3.8) is 0 Å². The Morgan fingerprint density at radius 2 is 2.06 bits per heavy atom. The Kier molecular flexibility index (Phi) is 3.34. The lowest BCUT2D eigenvalue weighted by Crippen LogP contribution is -2.24. The highest BCUT2D eigenvalue weighted by Gasteiger charge is 2.23. The third-order valence-corrected chi connectivity index (χ3v) is 3.05. The van der Waals surface area contributed by atoms with Crippen molar-refractivity contribution in [1.82, 2.24) is 0 Å². The Balaban J connectivity index is 2.19. The van der Waals surface area contributed by atoms with E-state index in [0.717, 1.165) is 18.4 Å². The Morgan fingerprint density at radius 1 is 1.38 bits per heavy atom. The summed E-state index contributed by atoms with van der Waals surface area (Å²) in [7, 11) is 0. The number of carbonyl (C=O) groups is 1. The zero-order valence-corrected chi connectivity index (χ0v) is 9.33. The first-order valence-electron chi connectivity index (χ1n) is 5.56. The molecule has 1 aromatic carbocycles. The standard InChI is InChI=1S/C13H15FO2/c1-9-8-11(14)2-3-12(9)13(15)10-4-6-16-7-5-10/h2-3,8,10H,4-7H2,1H3. The fourth-order valence-electron chi connectivity index (χ4n) is 2.08. The van der Waals surface area contributed by atoms with Gasteiger partial charge >= 0.3 is 0 Å². The first kappa shape index (κ1) is 11.3. The highest BCUT2D eigenvalue weighted by atomic mass is 19.1. The Morgan fingerprint density at radius 3 is 2.69 bits per heavy atom. The van der Waals surface area contributed by atoms with E-state index in [-0.39, 0.29) is 17.5 Å². The summed E-state index contributed by atoms with van der Waals surface area (Å²) in [6.45, 7) is 3.07. The van der Waals surface area contributed by atoms with E-state index in [1.54, 1.807) is 13.0 Å². The number of halogens is 1. The average Bonchev–Trinajstić information content (AvgIpc) is 2.29. The number of ketones is 1. The van der Waals surface area contributed by atoms with Crippen LogP contribution in [0, 0.1) is 18.7 Å². The first-order chi connectivity index (χ1) is 7.68. The minimum absolute atomic E-state index is 0.0397. The summed E-state index contributed by atoms with van der Waals surface area (Å²) in [4.78, 5) is 12.2. The largest absolute Gasteiger partial charge is 0.381 e. The second-order valence-corrected chi connectivity index (χ2v) is 4.21. The van der Waals surface area contributed by atoms with E-state index >= 15 is 0 Å². The van der Waals surface area contributed by atoms with E-state index in [1.165, 1.54) is 12.1 Å². The molecule has 3 heteroatoms. The number of ether oxygens (including phenoxy) is 1. The van der Waals surface area contributed by atoms with Crippen molar-refractivity contribution >= 4 is 5.78 Å². The Hall–Kier alpha value is -1.22. The summed E-state index contributed by atoms with van der Waals surface area (Å²) < 4.78 is 18.1. The zero-order valence-electron chi connectivity index (χ0n) is 9.33. The monoisotopic (exact) mass is 222 g/mol. The quantitative estimate of drug-likeness (QED) is 0.719. The number of hydrogen-bond acceptors (Lipinski definition) is 2. The second kappa shape index (κ2) is 4.74. The molecule has 2 nitrogen and oxygen atoms in total. The predicted molar refractivity (Wildman–Crippen MR) is 59.0 cm³/mol. The minimum atomic E-state index is -0.291. The lowest BCUT2D eigenvalue weighted by atomic mass is 9.89. The highest BCUT2D eigenvalue weighted by Crippen LogP contribution is 2.22. The number of Topliss-reactive ketones (excluding diaryl/α,β-unsaturated/α-hetero) is 1. The summed E-state index contributed by atoms with van der Waals surface area (Å²) in [5.74, 6) is -0.125. The van der Waals surface area contributed by atoms with E-state index in [4.69, 9.17) is 4.74 Å². The van der Waals surface area contributed by atoms with Crippen LogP contribution in [0.4, 0.5) is 4.39 Å². The van der Waals surface area contributed by atoms with Crippen LogP contribution in [0.15, 0.2) is 18.2 Å². The van der Waals surface area contributed by atoms with Crippen LogP contribution in [0.1, 0.15) is 28.8 Å². The van der Waals surface area contributed by atoms with Gasteiger partial charge in [0.1, 0.15) is 5.82 Å². The Labute approximate surface area is 94.4 Å². The predicted octanol–water partition coefficient (Wildman–Crippen LogP) is 2.74. The van der Waals surface area contributed by atoms with Crippen LogP contribution in [0.2, 0.25) is 0 Å². The van der Waals surface area contributed by atoms with Crippen molar-refractivity contribution in [3.8, 4) is 0 Å². The smallest absolute Gasteiger partial charge is 0.166 e. The van der Waals surface area contributed by atoms with Crippen LogP contribution in [0.25, 0.3) is 0 Å². The van der Waals surface area contributed by atoms with Crippen molar-refractivity contribution < 1.29 is 13.9 Å². The number of hydrogen-bond donors (Lipinski definition) is 0. The molecule has 0 radical (unpaired) electrons. The molecule has 1 aliphatic rings. The van der Waals surface area contributed by atoms with E-state index < -0.39 is 0 Å². The summed E-state index contributed by atoms with van der Waals surface area (Å²) in [5, 5.41) is 0. The maximum absolute atomic E-state index is 12.9. The van der Waals surface area contributed by atoms with Crippen molar-refractivity contribution in [2.24, 2.45) is 5.92 Å².